The fraction of sp³-hybridized carbons (Fsp3) is 0.292. The SMILES string of the molecule is Cc1ccc(-c2nc(CCNC(=O)Nc3ccc(C(=O)NCC(C)C)cc3)co2)cc1. The van der Waals surface area contributed by atoms with Gasteiger partial charge in [0.15, 0.2) is 0 Å². The van der Waals surface area contributed by atoms with Crippen molar-refractivity contribution in [2.45, 2.75) is 27.2 Å². The zero-order valence-electron chi connectivity index (χ0n) is 18.1. The standard InChI is InChI=1S/C24H28N4O3/c1-16(2)14-26-22(29)18-8-10-20(11-9-18)28-24(30)25-13-12-21-15-31-23(27-21)19-6-4-17(3)5-7-19/h4-11,15-16H,12-14H2,1-3H3,(H,26,29)(H2,25,28,30). The van der Waals surface area contributed by atoms with Gasteiger partial charge in [-0.2, -0.15) is 0 Å². The number of rotatable bonds is 8. The van der Waals surface area contributed by atoms with Gasteiger partial charge in [0.05, 0.1) is 5.69 Å². The number of nitrogens with zero attached hydrogens (tertiary/aromatic N) is 1. The Morgan fingerprint density at radius 3 is 2.39 bits per heavy atom. The molecule has 0 aliphatic carbocycles. The molecular weight excluding hydrogens is 392 g/mol. The lowest BCUT2D eigenvalue weighted by Gasteiger charge is -2.09. The van der Waals surface area contributed by atoms with E-state index in [0.717, 1.165) is 11.3 Å². The van der Waals surface area contributed by atoms with Crippen molar-refractivity contribution in [3.63, 3.8) is 0 Å². The number of aromatic nitrogens is 1. The number of benzene rings is 2. The van der Waals surface area contributed by atoms with Gasteiger partial charge in [-0.05, 0) is 49.2 Å². The first-order valence-corrected chi connectivity index (χ1v) is 10.4. The van der Waals surface area contributed by atoms with Gasteiger partial charge in [0, 0.05) is 36.3 Å². The minimum atomic E-state index is -0.320. The van der Waals surface area contributed by atoms with E-state index in [-0.39, 0.29) is 11.9 Å². The van der Waals surface area contributed by atoms with E-state index in [0.29, 0.717) is 42.6 Å². The summed E-state index contributed by atoms with van der Waals surface area (Å²) in [6.07, 6.45) is 2.16. The van der Waals surface area contributed by atoms with Crippen molar-refractivity contribution in [3.05, 3.63) is 71.6 Å². The maximum Gasteiger partial charge on any atom is 0.319 e. The Bertz CT molecular complexity index is 1010. The highest BCUT2D eigenvalue weighted by Gasteiger charge is 2.09. The Morgan fingerprint density at radius 2 is 1.71 bits per heavy atom. The van der Waals surface area contributed by atoms with E-state index in [4.69, 9.17) is 4.42 Å². The minimum Gasteiger partial charge on any atom is -0.444 e. The molecule has 0 spiro atoms. The summed E-state index contributed by atoms with van der Waals surface area (Å²) in [6, 6.07) is 14.4. The number of carbonyl (C=O) groups excluding carboxylic acids is 2. The summed E-state index contributed by atoms with van der Waals surface area (Å²) in [5.41, 5.74) is 4.04. The average molecular weight is 421 g/mol. The molecule has 31 heavy (non-hydrogen) atoms. The average Bonchev–Trinajstić information content (AvgIpc) is 3.22. The van der Waals surface area contributed by atoms with Gasteiger partial charge in [-0.3, -0.25) is 4.79 Å². The number of amides is 3. The molecule has 0 unspecified atom stereocenters. The third-order valence-electron chi connectivity index (χ3n) is 4.59. The molecule has 7 heteroatoms. The van der Waals surface area contributed by atoms with Crippen LogP contribution in [-0.4, -0.2) is 30.0 Å². The van der Waals surface area contributed by atoms with Crippen LogP contribution in [0.15, 0.2) is 59.2 Å². The molecule has 2 aromatic carbocycles. The first-order chi connectivity index (χ1) is 14.9. The number of oxazole rings is 1. The topological polar surface area (TPSA) is 96.3 Å². The van der Waals surface area contributed by atoms with E-state index >= 15 is 0 Å². The van der Waals surface area contributed by atoms with E-state index in [1.165, 1.54) is 5.56 Å². The number of urea groups is 1. The number of hydrogen-bond acceptors (Lipinski definition) is 4. The Labute approximate surface area is 182 Å². The van der Waals surface area contributed by atoms with Crippen molar-refractivity contribution >= 4 is 17.6 Å². The van der Waals surface area contributed by atoms with Gasteiger partial charge in [0.2, 0.25) is 5.89 Å². The number of hydrogen-bond donors (Lipinski definition) is 3. The summed E-state index contributed by atoms with van der Waals surface area (Å²) in [4.78, 5) is 28.6. The molecule has 3 aromatic rings. The van der Waals surface area contributed by atoms with Crippen LogP contribution in [0.2, 0.25) is 0 Å². The van der Waals surface area contributed by atoms with Crippen LogP contribution >= 0.6 is 0 Å². The fourth-order valence-electron chi connectivity index (χ4n) is 2.83. The lowest BCUT2D eigenvalue weighted by atomic mass is 10.1. The zero-order valence-corrected chi connectivity index (χ0v) is 18.1. The molecule has 7 nitrogen and oxygen atoms in total. The Kier molecular flexibility index (Phi) is 7.43. The molecular formula is C24H28N4O3. The van der Waals surface area contributed by atoms with Gasteiger partial charge in [-0.1, -0.05) is 31.5 Å². The second-order valence-corrected chi connectivity index (χ2v) is 7.82. The van der Waals surface area contributed by atoms with Crippen molar-refractivity contribution in [2.24, 2.45) is 5.92 Å². The Balaban J connectivity index is 1.43. The Morgan fingerprint density at radius 1 is 1.00 bits per heavy atom. The van der Waals surface area contributed by atoms with Crippen LogP contribution in [0.4, 0.5) is 10.5 Å². The maximum atomic E-state index is 12.1. The zero-order chi connectivity index (χ0) is 22.2. The summed E-state index contributed by atoms with van der Waals surface area (Å²) in [7, 11) is 0. The third-order valence-corrected chi connectivity index (χ3v) is 4.59. The molecule has 3 N–H and O–H groups in total. The molecule has 3 amide bonds. The number of anilines is 1. The van der Waals surface area contributed by atoms with Gasteiger partial charge >= 0.3 is 6.03 Å². The summed E-state index contributed by atoms with van der Waals surface area (Å²) >= 11 is 0. The minimum absolute atomic E-state index is 0.123. The van der Waals surface area contributed by atoms with E-state index < -0.39 is 0 Å². The molecule has 162 valence electrons. The molecule has 0 saturated carbocycles. The van der Waals surface area contributed by atoms with Gasteiger partial charge in [-0.25, -0.2) is 9.78 Å². The molecule has 0 fully saturated rings. The van der Waals surface area contributed by atoms with E-state index in [9.17, 15) is 9.59 Å². The van der Waals surface area contributed by atoms with Gasteiger partial charge in [0.1, 0.15) is 6.26 Å². The smallest absolute Gasteiger partial charge is 0.319 e. The molecule has 1 heterocycles. The van der Waals surface area contributed by atoms with Crippen molar-refractivity contribution in [1.82, 2.24) is 15.6 Å². The first-order valence-electron chi connectivity index (χ1n) is 10.4. The van der Waals surface area contributed by atoms with E-state index in [1.807, 2.05) is 45.0 Å². The van der Waals surface area contributed by atoms with Gasteiger partial charge in [0.25, 0.3) is 5.91 Å². The van der Waals surface area contributed by atoms with Crippen LogP contribution < -0.4 is 16.0 Å². The molecule has 3 rings (SSSR count). The highest BCUT2D eigenvalue weighted by atomic mass is 16.3. The Hall–Kier alpha value is -3.61. The third kappa shape index (κ3) is 6.70. The summed E-state index contributed by atoms with van der Waals surface area (Å²) in [6.45, 7) is 7.15. The number of aryl methyl sites for hydroxylation is 1. The summed E-state index contributed by atoms with van der Waals surface area (Å²) in [5.74, 6) is 0.833. The van der Waals surface area contributed by atoms with Gasteiger partial charge in [-0.15, -0.1) is 0 Å². The largest absolute Gasteiger partial charge is 0.444 e. The molecule has 0 aliphatic rings. The summed E-state index contributed by atoms with van der Waals surface area (Å²) in [5, 5.41) is 8.41. The second kappa shape index (κ2) is 10.4. The lowest BCUT2D eigenvalue weighted by molar-refractivity contribution is 0.0949. The molecule has 0 radical (unpaired) electrons. The first kappa shape index (κ1) is 22.1. The normalized spacial score (nSPS) is 10.7. The van der Waals surface area contributed by atoms with Crippen molar-refractivity contribution in [2.75, 3.05) is 18.4 Å². The molecule has 0 atom stereocenters. The highest BCUT2D eigenvalue weighted by Crippen LogP contribution is 2.19. The molecule has 0 saturated heterocycles. The molecule has 1 aromatic heterocycles. The van der Waals surface area contributed by atoms with Crippen molar-refractivity contribution < 1.29 is 14.0 Å². The second-order valence-electron chi connectivity index (χ2n) is 7.82. The van der Waals surface area contributed by atoms with Crippen LogP contribution in [0.3, 0.4) is 0 Å². The molecule has 0 aliphatic heterocycles. The molecule has 0 bridgehead atoms. The van der Waals surface area contributed by atoms with Crippen LogP contribution in [-0.2, 0) is 6.42 Å². The van der Waals surface area contributed by atoms with Crippen LogP contribution in [0.5, 0.6) is 0 Å². The van der Waals surface area contributed by atoms with Crippen molar-refractivity contribution in [1.29, 1.82) is 0 Å². The number of carbonyl (C=O) groups is 2. The predicted molar refractivity (Wildman–Crippen MR) is 121 cm³/mol. The van der Waals surface area contributed by atoms with Crippen LogP contribution in [0, 0.1) is 12.8 Å². The summed E-state index contributed by atoms with van der Waals surface area (Å²) < 4.78 is 5.53. The number of nitrogens with one attached hydrogen (secondary N) is 3. The van der Waals surface area contributed by atoms with E-state index in [2.05, 4.69) is 20.9 Å². The van der Waals surface area contributed by atoms with Gasteiger partial charge < -0.3 is 20.4 Å². The monoisotopic (exact) mass is 420 g/mol. The van der Waals surface area contributed by atoms with Crippen LogP contribution in [0.25, 0.3) is 11.5 Å². The maximum absolute atomic E-state index is 12.1. The van der Waals surface area contributed by atoms with Crippen molar-refractivity contribution in [3.8, 4) is 11.5 Å². The fourth-order valence-corrected chi connectivity index (χ4v) is 2.83. The predicted octanol–water partition coefficient (Wildman–Crippen LogP) is 4.40. The quantitative estimate of drug-likeness (QED) is 0.503. The van der Waals surface area contributed by atoms with Crippen LogP contribution in [0.1, 0.15) is 35.5 Å². The highest BCUT2D eigenvalue weighted by molar-refractivity contribution is 5.95. The van der Waals surface area contributed by atoms with E-state index in [1.54, 1.807) is 30.5 Å². The lowest BCUT2D eigenvalue weighted by Crippen LogP contribution is -2.30.